The van der Waals surface area contributed by atoms with E-state index in [0.717, 1.165) is 10.9 Å². The SMILES string of the molecule is COc1nc(N)cc2cccnc12. The Labute approximate surface area is 75.4 Å². The van der Waals surface area contributed by atoms with Gasteiger partial charge in [0.05, 0.1) is 7.11 Å². The summed E-state index contributed by atoms with van der Waals surface area (Å²) in [4.78, 5) is 8.16. The fraction of sp³-hybridized carbons (Fsp3) is 0.111. The first-order chi connectivity index (χ1) is 6.31. The van der Waals surface area contributed by atoms with Gasteiger partial charge in [-0.25, -0.2) is 0 Å². The number of rotatable bonds is 1. The third kappa shape index (κ3) is 1.26. The Balaban J connectivity index is 2.81. The number of hydrogen-bond acceptors (Lipinski definition) is 4. The molecule has 0 bridgehead atoms. The molecule has 2 heterocycles. The molecule has 0 saturated carbocycles. The maximum Gasteiger partial charge on any atom is 0.242 e. The molecule has 13 heavy (non-hydrogen) atoms. The largest absolute Gasteiger partial charge is 0.479 e. The number of nitrogens with zero attached hydrogens (tertiary/aromatic N) is 2. The zero-order valence-electron chi connectivity index (χ0n) is 7.19. The van der Waals surface area contributed by atoms with Crippen LogP contribution in [0.4, 0.5) is 5.82 Å². The van der Waals surface area contributed by atoms with Gasteiger partial charge in [0.2, 0.25) is 5.88 Å². The van der Waals surface area contributed by atoms with Crippen molar-refractivity contribution in [3.05, 3.63) is 24.4 Å². The summed E-state index contributed by atoms with van der Waals surface area (Å²) in [5.41, 5.74) is 6.32. The number of aromatic nitrogens is 2. The second kappa shape index (κ2) is 2.90. The van der Waals surface area contributed by atoms with E-state index in [4.69, 9.17) is 10.5 Å². The first-order valence-electron chi connectivity index (χ1n) is 3.86. The number of ether oxygens (including phenoxy) is 1. The second-order valence-electron chi connectivity index (χ2n) is 2.63. The number of nitrogen functional groups attached to an aromatic ring is 1. The van der Waals surface area contributed by atoms with Crippen LogP contribution in [0, 0.1) is 0 Å². The molecule has 0 atom stereocenters. The van der Waals surface area contributed by atoms with Crippen molar-refractivity contribution in [2.75, 3.05) is 12.8 Å². The number of anilines is 1. The first-order valence-corrected chi connectivity index (χ1v) is 3.86. The van der Waals surface area contributed by atoms with Crippen LogP contribution in [-0.2, 0) is 0 Å². The van der Waals surface area contributed by atoms with Gasteiger partial charge in [0, 0.05) is 11.6 Å². The molecule has 0 spiro atoms. The number of nitrogens with two attached hydrogens (primary N) is 1. The summed E-state index contributed by atoms with van der Waals surface area (Å²) in [6.45, 7) is 0. The predicted octanol–water partition coefficient (Wildman–Crippen LogP) is 1.22. The normalized spacial score (nSPS) is 10.2. The van der Waals surface area contributed by atoms with Crippen molar-refractivity contribution >= 4 is 16.7 Å². The summed E-state index contributed by atoms with van der Waals surface area (Å²) in [6, 6.07) is 5.54. The van der Waals surface area contributed by atoms with Crippen LogP contribution in [0.2, 0.25) is 0 Å². The lowest BCUT2D eigenvalue weighted by Crippen LogP contribution is -1.95. The standard InChI is InChI=1S/C9H9N3O/c1-13-9-8-6(3-2-4-11-8)5-7(10)12-9/h2-5H,1H3,(H2,10,12). The van der Waals surface area contributed by atoms with E-state index < -0.39 is 0 Å². The highest BCUT2D eigenvalue weighted by Crippen LogP contribution is 2.22. The number of methoxy groups -OCH3 is 1. The van der Waals surface area contributed by atoms with Gasteiger partial charge in [0.1, 0.15) is 11.3 Å². The smallest absolute Gasteiger partial charge is 0.242 e. The molecule has 0 aliphatic carbocycles. The van der Waals surface area contributed by atoms with Crippen molar-refractivity contribution < 1.29 is 4.74 Å². The van der Waals surface area contributed by atoms with Crippen LogP contribution < -0.4 is 10.5 Å². The minimum atomic E-state index is 0.442. The third-order valence-corrected chi connectivity index (χ3v) is 1.77. The lowest BCUT2D eigenvalue weighted by molar-refractivity contribution is 0.403. The Hall–Kier alpha value is -1.84. The van der Waals surface area contributed by atoms with Crippen molar-refractivity contribution in [1.82, 2.24) is 9.97 Å². The van der Waals surface area contributed by atoms with Gasteiger partial charge in [-0.05, 0) is 12.1 Å². The molecule has 66 valence electrons. The van der Waals surface area contributed by atoms with Crippen molar-refractivity contribution in [2.24, 2.45) is 0 Å². The Morgan fingerprint density at radius 2 is 2.31 bits per heavy atom. The summed E-state index contributed by atoms with van der Waals surface area (Å²) in [5, 5.41) is 0.937. The van der Waals surface area contributed by atoms with E-state index in [-0.39, 0.29) is 0 Å². The average Bonchev–Trinajstić information content (AvgIpc) is 2.16. The Morgan fingerprint density at radius 3 is 3.08 bits per heavy atom. The minimum absolute atomic E-state index is 0.442. The molecular weight excluding hydrogens is 166 g/mol. The molecule has 4 heteroatoms. The van der Waals surface area contributed by atoms with Gasteiger partial charge in [0.15, 0.2) is 0 Å². The highest BCUT2D eigenvalue weighted by molar-refractivity contribution is 5.84. The molecule has 0 unspecified atom stereocenters. The molecule has 2 N–H and O–H groups in total. The summed E-state index contributed by atoms with van der Waals surface area (Å²) in [5.74, 6) is 0.910. The molecule has 4 nitrogen and oxygen atoms in total. The maximum absolute atomic E-state index is 5.58. The number of pyridine rings is 2. The van der Waals surface area contributed by atoms with Gasteiger partial charge >= 0.3 is 0 Å². The predicted molar refractivity (Wildman–Crippen MR) is 50.5 cm³/mol. The van der Waals surface area contributed by atoms with Crippen molar-refractivity contribution in [3.8, 4) is 5.88 Å². The number of hydrogen-bond donors (Lipinski definition) is 1. The van der Waals surface area contributed by atoms with Gasteiger partial charge in [-0.2, -0.15) is 4.98 Å². The van der Waals surface area contributed by atoms with Gasteiger partial charge in [0.25, 0.3) is 0 Å². The molecule has 0 saturated heterocycles. The van der Waals surface area contributed by atoms with E-state index in [1.54, 1.807) is 19.4 Å². The van der Waals surface area contributed by atoms with Crippen LogP contribution in [0.1, 0.15) is 0 Å². The lowest BCUT2D eigenvalue weighted by atomic mass is 10.2. The highest BCUT2D eigenvalue weighted by Gasteiger charge is 2.04. The Kier molecular flexibility index (Phi) is 1.73. The quantitative estimate of drug-likeness (QED) is 0.707. The fourth-order valence-corrected chi connectivity index (χ4v) is 1.22. The van der Waals surface area contributed by atoms with Gasteiger partial charge in [-0.3, -0.25) is 4.98 Å². The number of fused-ring (bicyclic) bond motifs is 1. The lowest BCUT2D eigenvalue weighted by Gasteiger charge is -2.03. The van der Waals surface area contributed by atoms with Crippen LogP contribution in [-0.4, -0.2) is 17.1 Å². The molecule has 0 fully saturated rings. The molecule has 2 aromatic heterocycles. The van der Waals surface area contributed by atoms with E-state index >= 15 is 0 Å². The highest BCUT2D eigenvalue weighted by atomic mass is 16.5. The van der Waals surface area contributed by atoms with E-state index in [1.807, 2.05) is 12.1 Å². The van der Waals surface area contributed by atoms with Crippen LogP contribution in [0.15, 0.2) is 24.4 Å². The minimum Gasteiger partial charge on any atom is -0.479 e. The van der Waals surface area contributed by atoms with Crippen molar-refractivity contribution in [1.29, 1.82) is 0 Å². The van der Waals surface area contributed by atoms with Crippen molar-refractivity contribution in [2.45, 2.75) is 0 Å². The summed E-state index contributed by atoms with van der Waals surface area (Å²) in [7, 11) is 1.55. The van der Waals surface area contributed by atoms with E-state index in [9.17, 15) is 0 Å². The summed E-state index contributed by atoms with van der Waals surface area (Å²) in [6.07, 6.45) is 1.70. The molecule has 2 aromatic rings. The summed E-state index contributed by atoms with van der Waals surface area (Å²) >= 11 is 0. The molecule has 2 rings (SSSR count). The topological polar surface area (TPSA) is 61.0 Å². The first kappa shape index (κ1) is 7.79. The monoisotopic (exact) mass is 175 g/mol. The molecule has 0 aromatic carbocycles. The van der Waals surface area contributed by atoms with Crippen LogP contribution >= 0.6 is 0 Å². The Bertz CT molecular complexity index is 442. The summed E-state index contributed by atoms with van der Waals surface area (Å²) < 4.78 is 5.05. The molecule has 0 amide bonds. The van der Waals surface area contributed by atoms with Gasteiger partial charge in [-0.1, -0.05) is 6.07 Å². The third-order valence-electron chi connectivity index (χ3n) is 1.77. The van der Waals surface area contributed by atoms with Gasteiger partial charge in [-0.15, -0.1) is 0 Å². The second-order valence-corrected chi connectivity index (χ2v) is 2.63. The van der Waals surface area contributed by atoms with Crippen molar-refractivity contribution in [3.63, 3.8) is 0 Å². The van der Waals surface area contributed by atoms with Crippen LogP contribution in [0.25, 0.3) is 10.9 Å². The zero-order chi connectivity index (χ0) is 9.26. The van der Waals surface area contributed by atoms with E-state index in [2.05, 4.69) is 9.97 Å². The average molecular weight is 175 g/mol. The fourth-order valence-electron chi connectivity index (χ4n) is 1.22. The van der Waals surface area contributed by atoms with Crippen LogP contribution in [0.3, 0.4) is 0 Å². The van der Waals surface area contributed by atoms with Gasteiger partial charge < -0.3 is 10.5 Å². The van der Waals surface area contributed by atoms with Crippen LogP contribution in [0.5, 0.6) is 5.88 Å². The molecular formula is C9H9N3O. The molecule has 0 aliphatic rings. The Morgan fingerprint density at radius 1 is 1.46 bits per heavy atom. The van der Waals surface area contributed by atoms with E-state index in [1.165, 1.54) is 0 Å². The van der Waals surface area contributed by atoms with E-state index in [0.29, 0.717) is 11.7 Å². The molecule has 0 aliphatic heterocycles. The zero-order valence-corrected chi connectivity index (χ0v) is 7.19. The molecule has 0 radical (unpaired) electrons. The maximum atomic E-state index is 5.58.